The molecule has 4 rings (SSSR count). The lowest BCUT2D eigenvalue weighted by Crippen LogP contribution is -2.31. The van der Waals surface area contributed by atoms with Crippen LogP contribution in [0.5, 0.6) is 0 Å². The number of aryl methyl sites for hydroxylation is 2. The van der Waals surface area contributed by atoms with Crippen molar-refractivity contribution in [3.63, 3.8) is 0 Å². The summed E-state index contributed by atoms with van der Waals surface area (Å²) >= 11 is 0. The molecule has 0 aliphatic carbocycles. The van der Waals surface area contributed by atoms with E-state index in [4.69, 9.17) is 6.35 Å². The zero-order chi connectivity index (χ0) is 17.8. The van der Waals surface area contributed by atoms with Gasteiger partial charge in [-0.25, -0.2) is 9.55 Å². The minimum Gasteiger partial charge on any atom is -0.299 e. The molecule has 0 saturated heterocycles. The van der Waals surface area contributed by atoms with Crippen molar-refractivity contribution >= 4 is 16.7 Å². The molecule has 0 bridgehead atoms. The molecule has 1 aromatic carbocycles. The smallest absolute Gasteiger partial charge is 0.215 e. The van der Waals surface area contributed by atoms with Gasteiger partial charge in [0.25, 0.3) is 0 Å². The van der Waals surface area contributed by atoms with E-state index in [-0.39, 0.29) is 0 Å². The predicted octanol–water partition coefficient (Wildman–Crippen LogP) is 4.41. The van der Waals surface area contributed by atoms with E-state index in [0.29, 0.717) is 0 Å². The Balaban J connectivity index is 2.13. The van der Waals surface area contributed by atoms with Crippen molar-refractivity contribution in [2.24, 2.45) is 7.05 Å². The van der Waals surface area contributed by atoms with Crippen LogP contribution in [0.3, 0.4) is 0 Å². The summed E-state index contributed by atoms with van der Waals surface area (Å²) in [7, 11) is 2.05. The number of aromatic nitrogens is 3. The van der Waals surface area contributed by atoms with Crippen LogP contribution >= 0.6 is 0 Å². The Hall–Kier alpha value is -2.68. The van der Waals surface area contributed by atoms with E-state index in [1.807, 2.05) is 44.3 Å². The molecular formula is C21H22N3+. The van der Waals surface area contributed by atoms with Crippen LogP contribution in [-0.2, 0) is 7.05 Å². The number of fused-ring (bicyclic) bond motifs is 3. The van der Waals surface area contributed by atoms with Gasteiger partial charge in [0.2, 0.25) is 5.69 Å². The quantitative estimate of drug-likeness (QED) is 0.502. The van der Waals surface area contributed by atoms with Gasteiger partial charge in [-0.2, -0.15) is 0 Å². The van der Waals surface area contributed by atoms with E-state index in [1.54, 1.807) is 0 Å². The minimum absolute atomic E-state index is 0.635. The molecule has 0 amide bonds. The predicted molar refractivity (Wildman–Crippen MR) is 98.1 cm³/mol. The van der Waals surface area contributed by atoms with Gasteiger partial charge in [0.15, 0.2) is 6.20 Å². The van der Waals surface area contributed by atoms with E-state index >= 15 is 0 Å². The lowest BCUT2D eigenvalue weighted by Gasteiger charge is -2.10. The number of benzene rings is 1. The lowest BCUT2D eigenvalue weighted by atomic mass is 9.98. The maximum absolute atomic E-state index is 8.39. The largest absolute Gasteiger partial charge is 0.299 e. The number of imidazole rings is 1. The topological polar surface area (TPSA) is 21.2 Å². The molecule has 0 saturated carbocycles. The summed E-state index contributed by atoms with van der Waals surface area (Å²) in [4.78, 5) is 4.76. The standard InChI is InChI=1S/C21H22N3/c1-14(2)16-10-12-23(4)18(13-16)20-15(3)8-9-17-21(20)24-11-6-5-7-19(24)22-17/h5-14H,1-4H3/q+1/i14D. The Kier molecular flexibility index (Phi) is 3.12. The third kappa shape index (κ3) is 2.20. The first-order valence-electron chi connectivity index (χ1n) is 8.73. The van der Waals surface area contributed by atoms with E-state index in [2.05, 4.69) is 47.3 Å². The fraction of sp³-hybridized carbons (Fsp3) is 0.238. The first-order chi connectivity index (χ1) is 11.9. The van der Waals surface area contributed by atoms with Gasteiger partial charge < -0.3 is 0 Å². The van der Waals surface area contributed by atoms with Crippen LogP contribution in [0.25, 0.3) is 27.9 Å². The second-order valence-corrected chi connectivity index (χ2v) is 6.58. The third-order valence-electron chi connectivity index (χ3n) is 4.66. The average molecular weight is 317 g/mol. The Labute approximate surface area is 143 Å². The first kappa shape index (κ1) is 13.7. The molecule has 0 N–H and O–H groups in total. The molecule has 0 aliphatic rings. The molecule has 0 fully saturated rings. The number of nitrogens with zero attached hydrogens (tertiary/aromatic N) is 3. The van der Waals surface area contributed by atoms with Crippen LogP contribution in [0, 0.1) is 6.92 Å². The van der Waals surface area contributed by atoms with Gasteiger partial charge in [-0.15, -0.1) is 0 Å². The fourth-order valence-corrected chi connectivity index (χ4v) is 3.31. The molecule has 0 atom stereocenters. The first-order valence-corrected chi connectivity index (χ1v) is 8.23. The highest BCUT2D eigenvalue weighted by Gasteiger charge is 2.20. The highest BCUT2D eigenvalue weighted by atomic mass is 15.0. The lowest BCUT2D eigenvalue weighted by molar-refractivity contribution is -0.660. The van der Waals surface area contributed by atoms with Gasteiger partial charge in [-0.3, -0.25) is 4.40 Å². The van der Waals surface area contributed by atoms with Gasteiger partial charge in [-0.05, 0) is 42.1 Å². The molecule has 0 spiro atoms. The van der Waals surface area contributed by atoms with Crippen molar-refractivity contribution < 1.29 is 5.94 Å². The van der Waals surface area contributed by atoms with Crippen LogP contribution in [0.15, 0.2) is 54.9 Å². The molecule has 3 aromatic heterocycles. The Bertz CT molecular complexity index is 1100. The molecule has 3 heteroatoms. The summed E-state index contributed by atoms with van der Waals surface area (Å²) in [5, 5.41) is 0. The molecule has 24 heavy (non-hydrogen) atoms. The van der Waals surface area contributed by atoms with Crippen molar-refractivity contribution in [2.75, 3.05) is 0 Å². The van der Waals surface area contributed by atoms with Crippen molar-refractivity contribution in [3.05, 3.63) is 66.0 Å². The van der Waals surface area contributed by atoms with Gasteiger partial charge >= 0.3 is 0 Å². The second-order valence-electron chi connectivity index (χ2n) is 6.58. The van der Waals surface area contributed by atoms with Crippen molar-refractivity contribution in [2.45, 2.75) is 26.7 Å². The average Bonchev–Trinajstić information content (AvgIpc) is 2.93. The van der Waals surface area contributed by atoms with Gasteiger partial charge in [0, 0.05) is 19.7 Å². The summed E-state index contributed by atoms with van der Waals surface area (Å²) in [5.41, 5.74) is 7.54. The monoisotopic (exact) mass is 317 g/mol. The molecule has 0 unspecified atom stereocenters. The van der Waals surface area contributed by atoms with Gasteiger partial charge in [0.05, 0.1) is 16.6 Å². The highest BCUT2D eigenvalue weighted by Crippen LogP contribution is 2.31. The molecule has 3 heterocycles. The van der Waals surface area contributed by atoms with E-state index in [1.165, 1.54) is 11.1 Å². The normalized spacial score (nSPS) is 12.8. The minimum atomic E-state index is -0.635. The molecule has 0 aliphatic heterocycles. The summed E-state index contributed by atoms with van der Waals surface area (Å²) in [6, 6.07) is 14.4. The van der Waals surface area contributed by atoms with Crippen molar-refractivity contribution in [1.29, 1.82) is 0 Å². The van der Waals surface area contributed by atoms with Crippen LogP contribution in [0.4, 0.5) is 0 Å². The third-order valence-corrected chi connectivity index (χ3v) is 4.66. The van der Waals surface area contributed by atoms with Crippen molar-refractivity contribution in [3.8, 4) is 11.3 Å². The second kappa shape index (κ2) is 5.45. The highest BCUT2D eigenvalue weighted by molar-refractivity contribution is 5.95. The molecule has 3 nitrogen and oxygen atoms in total. The van der Waals surface area contributed by atoms with Crippen LogP contribution in [0.1, 0.15) is 32.2 Å². The number of hydrogen-bond donors (Lipinski definition) is 0. The molecular weight excluding hydrogens is 294 g/mol. The van der Waals surface area contributed by atoms with Gasteiger partial charge in [-0.1, -0.05) is 26.0 Å². The van der Waals surface area contributed by atoms with Crippen molar-refractivity contribution in [1.82, 2.24) is 9.38 Å². The SMILES string of the molecule is [2H]C(C)(C)c1cc[n+](C)c(-c2c(C)ccc3nc4ccccn4c23)c1. The Morgan fingerprint density at radius 2 is 2.00 bits per heavy atom. The molecule has 0 radical (unpaired) electrons. The maximum Gasteiger partial charge on any atom is 0.215 e. The van der Waals surface area contributed by atoms with E-state index < -0.39 is 5.89 Å². The fourth-order valence-electron chi connectivity index (χ4n) is 3.31. The summed E-state index contributed by atoms with van der Waals surface area (Å²) in [5.74, 6) is -0.635. The summed E-state index contributed by atoms with van der Waals surface area (Å²) < 4.78 is 12.7. The summed E-state index contributed by atoms with van der Waals surface area (Å²) in [6.07, 6.45) is 4.11. The van der Waals surface area contributed by atoms with Crippen LogP contribution < -0.4 is 4.57 Å². The molecule has 120 valence electrons. The zero-order valence-electron chi connectivity index (χ0n) is 15.5. The zero-order valence-corrected chi connectivity index (χ0v) is 14.5. The number of hydrogen-bond acceptors (Lipinski definition) is 1. The Morgan fingerprint density at radius 3 is 2.79 bits per heavy atom. The summed E-state index contributed by atoms with van der Waals surface area (Å²) in [6.45, 7) is 5.98. The Morgan fingerprint density at radius 1 is 1.17 bits per heavy atom. The maximum atomic E-state index is 8.39. The van der Waals surface area contributed by atoms with E-state index in [9.17, 15) is 0 Å². The molecule has 4 aromatic rings. The van der Waals surface area contributed by atoms with Gasteiger partial charge in [0.1, 0.15) is 12.7 Å². The number of rotatable bonds is 2. The van der Waals surface area contributed by atoms with Crippen LogP contribution in [0.2, 0.25) is 0 Å². The van der Waals surface area contributed by atoms with E-state index in [0.717, 1.165) is 27.9 Å². The van der Waals surface area contributed by atoms with Crippen LogP contribution in [-0.4, -0.2) is 9.38 Å². The number of pyridine rings is 2.